The molecule has 3 aromatic carbocycles. The van der Waals surface area contributed by atoms with Crippen molar-refractivity contribution in [1.82, 2.24) is 14.5 Å². The molecule has 6 heteroatoms. The van der Waals surface area contributed by atoms with Gasteiger partial charge in [-0.25, -0.2) is 14.4 Å². The van der Waals surface area contributed by atoms with Gasteiger partial charge in [0, 0.05) is 48.8 Å². The van der Waals surface area contributed by atoms with E-state index in [1.165, 1.54) is 23.4 Å². The second-order valence-electron chi connectivity index (χ2n) is 9.48. The van der Waals surface area contributed by atoms with E-state index in [9.17, 15) is 4.39 Å². The van der Waals surface area contributed by atoms with Crippen LogP contribution in [-0.2, 0) is 0 Å². The molecule has 0 spiro atoms. The van der Waals surface area contributed by atoms with E-state index in [0.29, 0.717) is 6.04 Å². The number of aromatic nitrogens is 3. The van der Waals surface area contributed by atoms with E-state index in [1.807, 2.05) is 22.8 Å². The van der Waals surface area contributed by atoms with Crippen LogP contribution in [0.3, 0.4) is 0 Å². The second kappa shape index (κ2) is 9.11. The molecule has 0 bridgehead atoms. The van der Waals surface area contributed by atoms with Gasteiger partial charge in [0.15, 0.2) is 5.65 Å². The maximum absolute atomic E-state index is 13.7. The summed E-state index contributed by atoms with van der Waals surface area (Å²) in [5.74, 6) is 0.685. The van der Waals surface area contributed by atoms with E-state index in [2.05, 4.69) is 66.2 Å². The summed E-state index contributed by atoms with van der Waals surface area (Å²) in [6.45, 7) is 7.02. The number of rotatable bonds is 4. The summed E-state index contributed by atoms with van der Waals surface area (Å²) in [5.41, 5.74) is 6.38. The molecule has 6 rings (SSSR count). The molecule has 0 radical (unpaired) electrons. The van der Waals surface area contributed by atoms with Crippen molar-refractivity contribution in [2.45, 2.75) is 19.9 Å². The highest BCUT2D eigenvalue weighted by atomic mass is 19.1. The summed E-state index contributed by atoms with van der Waals surface area (Å²) in [4.78, 5) is 14.3. The summed E-state index contributed by atoms with van der Waals surface area (Å²) >= 11 is 0. The van der Waals surface area contributed by atoms with Crippen LogP contribution in [-0.4, -0.2) is 40.2 Å². The molecular formula is C30H28FN5. The van der Waals surface area contributed by atoms with Crippen molar-refractivity contribution in [3.05, 3.63) is 103 Å². The third-order valence-electron chi connectivity index (χ3n) is 7.05. The molecule has 0 N–H and O–H groups in total. The summed E-state index contributed by atoms with van der Waals surface area (Å²) in [6, 6.07) is 26.0. The standard InChI is InChI=1S/C30H28FN5/c1-21-8-12-25(13-9-21)35-17-16-34(18-22(35)2)29-28-27(23-6-4-3-5-7-23)19-36(30(28)33-20-32-29)26-14-10-24(31)11-15-26/h3-15,19-20,22H,16-18H2,1-2H3/t22-/m1/s1. The third kappa shape index (κ3) is 3.98. The number of aryl methyl sites for hydroxylation is 1. The van der Waals surface area contributed by atoms with Crippen LogP contribution >= 0.6 is 0 Å². The van der Waals surface area contributed by atoms with Gasteiger partial charge in [-0.1, -0.05) is 48.0 Å². The Labute approximate surface area is 210 Å². The maximum Gasteiger partial charge on any atom is 0.150 e. The molecule has 0 aliphatic carbocycles. The predicted octanol–water partition coefficient (Wildman–Crippen LogP) is 6.25. The molecule has 0 saturated carbocycles. The van der Waals surface area contributed by atoms with Gasteiger partial charge in [-0.3, -0.25) is 0 Å². The summed E-state index contributed by atoms with van der Waals surface area (Å²) in [6.07, 6.45) is 3.74. The van der Waals surface area contributed by atoms with Gasteiger partial charge in [0.25, 0.3) is 0 Å². The minimum Gasteiger partial charge on any atom is -0.365 e. The Bertz CT molecular complexity index is 1490. The van der Waals surface area contributed by atoms with Gasteiger partial charge in [0.1, 0.15) is 18.0 Å². The Morgan fingerprint density at radius 3 is 2.28 bits per heavy atom. The minimum atomic E-state index is -0.255. The zero-order valence-electron chi connectivity index (χ0n) is 20.5. The molecule has 1 aliphatic heterocycles. The van der Waals surface area contributed by atoms with Crippen LogP contribution in [0.2, 0.25) is 0 Å². The number of fused-ring (bicyclic) bond motifs is 1. The largest absolute Gasteiger partial charge is 0.365 e. The SMILES string of the molecule is Cc1ccc(N2CCN(c3ncnc4c3c(-c3ccccc3)cn4-c3ccc(F)cc3)C[C@H]2C)cc1. The van der Waals surface area contributed by atoms with E-state index in [1.54, 1.807) is 18.5 Å². The van der Waals surface area contributed by atoms with Crippen molar-refractivity contribution in [2.75, 3.05) is 29.4 Å². The van der Waals surface area contributed by atoms with Gasteiger partial charge in [0.2, 0.25) is 0 Å². The second-order valence-corrected chi connectivity index (χ2v) is 9.48. The highest BCUT2D eigenvalue weighted by molar-refractivity contribution is 6.02. The van der Waals surface area contributed by atoms with Gasteiger partial charge in [-0.05, 0) is 55.8 Å². The van der Waals surface area contributed by atoms with Crippen LogP contribution in [0.25, 0.3) is 27.8 Å². The van der Waals surface area contributed by atoms with Crippen molar-refractivity contribution in [3.8, 4) is 16.8 Å². The molecule has 180 valence electrons. The monoisotopic (exact) mass is 477 g/mol. The lowest BCUT2D eigenvalue weighted by Gasteiger charge is -2.42. The Hall–Kier alpha value is -4.19. The van der Waals surface area contributed by atoms with E-state index < -0.39 is 0 Å². The zero-order valence-corrected chi connectivity index (χ0v) is 20.5. The van der Waals surface area contributed by atoms with Gasteiger partial charge in [-0.15, -0.1) is 0 Å². The molecular weight excluding hydrogens is 449 g/mol. The van der Waals surface area contributed by atoms with Crippen LogP contribution in [0, 0.1) is 12.7 Å². The van der Waals surface area contributed by atoms with Gasteiger partial charge in [0.05, 0.1) is 5.39 Å². The van der Waals surface area contributed by atoms with Crippen LogP contribution in [0.5, 0.6) is 0 Å². The lowest BCUT2D eigenvalue weighted by Crippen LogP contribution is -2.52. The van der Waals surface area contributed by atoms with Crippen molar-refractivity contribution < 1.29 is 4.39 Å². The maximum atomic E-state index is 13.7. The number of benzene rings is 3. The van der Waals surface area contributed by atoms with Crippen molar-refractivity contribution >= 4 is 22.5 Å². The van der Waals surface area contributed by atoms with Crippen molar-refractivity contribution in [2.24, 2.45) is 0 Å². The van der Waals surface area contributed by atoms with Crippen molar-refractivity contribution in [3.63, 3.8) is 0 Å². The molecule has 2 aromatic heterocycles. The first-order chi connectivity index (χ1) is 17.6. The number of nitrogens with zero attached hydrogens (tertiary/aromatic N) is 5. The third-order valence-corrected chi connectivity index (χ3v) is 7.05. The lowest BCUT2D eigenvalue weighted by molar-refractivity contribution is 0.548. The van der Waals surface area contributed by atoms with Crippen molar-refractivity contribution in [1.29, 1.82) is 0 Å². The fourth-order valence-corrected chi connectivity index (χ4v) is 5.19. The summed E-state index contributed by atoms with van der Waals surface area (Å²) in [7, 11) is 0. The van der Waals surface area contributed by atoms with Crippen LogP contribution in [0.4, 0.5) is 15.9 Å². The normalized spacial score (nSPS) is 16.0. The average Bonchev–Trinajstić information content (AvgIpc) is 3.30. The summed E-state index contributed by atoms with van der Waals surface area (Å²) < 4.78 is 15.7. The Morgan fingerprint density at radius 1 is 0.833 bits per heavy atom. The number of hydrogen-bond acceptors (Lipinski definition) is 4. The van der Waals surface area contributed by atoms with Crippen LogP contribution in [0.15, 0.2) is 91.4 Å². The molecule has 1 saturated heterocycles. The quantitative estimate of drug-likeness (QED) is 0.307. The first-order valence-corrected chi connectivity index (χ1v) is 12.3. The van der Waals surface area contributed by atoms with E-state index >= 15 is 0 Å². The first-order valence-electron chi connectivity index (χ1n) is 12.3. The Morgan fingerprint density at radius 2 is 1.56 bits per heavy atom. The van der Waals surface area contributed by atoms with Crippen LogP contribution < -0.4 is 9.80 Å². The van der Waals surface area contributed by atoms with Crippen LogP contribution in [0.1, 0.15) is 12.5 Å². The Balaban J connectivity index is 1.43. The number of anilines is 2. The number of hydrogen-bond donors (Lipinski definition) is 0. The number of halogens is 1. The first kappa shape index (κ1) is 22.3. The lowest BCUT2D eigenvalue weighted by atomic mass is 10.1. The molecule has 3 heterocycles. The number of piperazine rings is 1. The molecule has 1 atom stereocenters. The smallest absolute Gasteiger partial charge is 0.150 e. The minimum absolute atomic E-state index is 0.255. The molecule has 1 aliphatic rings. The molecule has 0 amide bonds. The van der Waals surface area contributed by atoms with Gasteiger partial charge < -0.3 is 14.4 Å². The molecule has 0 unspecified atom stereocenters. The fourth-order valence-electron chi connectivity index (χ4n) is 5.19. The highest BCUT2D eigenvalue weighted by Gasteiger charge is 2.28. The molecule has 5 nitrogen and oxygen atoms in total. The average molecular weight is 478 g/mol. The molecule has 36 heavy (non-hydrogen) atoms. The van der Waals surface area contributed by atoms with E-state index in [4.69, 9.17) is 9.97 Å². The predicted molar refractivity (Wildman–Crippen MR) is 144 cm³/mol. The molecule has 5 aromatic rings. The van der Waals surface area contributed by atoms with E-state index in [-0.39, 0.29) is 5.82 Å². The summed E-state index contributed by atoms with van der Waals surface area (Å²) in [5, 5.41) is 1.02. The van der Waals surface area contributed by atoms with E-state index in [0.717, 1.165) is 53.3 Å². The van der Waals surface area contributed by atoms with Gasteiger partial charge >= 0.3 is 0 Å². The molecule has 1 fully saturated rings. The topological polar surface area (TPSA) is 37.2 Å². The fraction of sp³-hybridized carbons (Fsp3) is 0.200. The zero-order chi connectivity index (χ0) is 24.6. The highest BCUT2D eigenvalue weighted by Crippen LogP contribution is 2.37. The Kier molecular flexibility index (Phi) is 5.64. The van der Waals surface area contributed by atoms with Gasteiger partial charge in [-0.2, -0.15) is 0 Å².